The van der Waals surface area contributed by atoms with Crippen molar-refractivity contribution in [2.75, 3.05) is 56.7 Å². The van der Waals surface area contributed by atoms with Gasteiger partial charge >= 0.3 is 0 Å². The number of anilines is 1. The molecular formula is C16H27IN4O2S. The van der Waals surface area contributed by atoms with Crippen LogP contribution in [0.25, 0.3) is 0 Å². The highest BCUT2D eigenvalue weighted by atomic mass is 127. The number of nitrogens with one attached hydrogen (secondary N) is 1. The van der Waals surface area contributed by atoms with E-state index in [4.69, 9.17) is 0 Å². The molecule has 0 amide bonds. The van der Waals surface area contributed by atoms with E-state index in [9.17, 15) is 8.42 Å². The number of guanidine groups is 1. The number of para-hydroxylation sites is 1. The van der Waals surface area contributed by atoms with Crippen LogP contribution in [0.1, 0.15) is 6.42 Å². The molecule has 1 saturated heterocycles. The molecule has 0 saturated carbocycles. The molecule has 1 heterocycles. The highest BCUT2D eigenvalue weighted by Gasteiger charge is 2.19. The van der Waals surface area contributed by atoms with Gasteiger partial charge in [0, 0.05) is 51.7 Å². The van der Waals surface area contributed by atoms with E-state index < -0.39 is 9.84 Å². The third-order valence-corrected chi connectivity index (χ3v) is 4.92. The summed E-state index contributed by atoms with van der Waals surface area (Å²) in [5, 5.41) is 3.26. The molecule has 8 heteroatoms. The summed E-state index contributed by atoms with van der Waals surface area (Å²) in [6, 6.07) is 10.4. The molecule has 6 nitrogen and oxygen atoms in total. The van der Waals surface area contributed by atoms with Crippen molar-refractivity contribution >= 4 is 45.5 Å². The molecule has 1 aliphatic heterocycles. The summed E-state index contributed by atoms with van der Waals surface area (Å²) in [6.45, 7) is 4.34. The standard InChI is InChI=1S/C16H26N4O2S.HI/c1-17-16(18-9-6-14-23(2,21)22)20-12-10-19(11-13-20)15-7-4-3-5-8-15;/h3-5,7-8H,6,9-14H2,1-2H3,(H,17,18);1H. The van der Waals surface area contributed by atoms with E-state index in [-0.39, 0.29) is 29.7 Å². The van der Waals surface area contributed by atoms with Gasteiger partial charge in [-0.2, -0.15) is 0 Å². The summed E-state index contributed by atoms with van der Waals surface area (Å²) < 4.78 is 22.3. The first kappa shape index (κ1) is 21.0. The monoisotopic (exact) mass is 466 g/mol. The van der Waals surface area contributed by atoms with Gasteiger partial charge < -0.3 is 15.1 Å². The second-order valence-corrected chi connectivity index (χ2v) is 8.03. The van der Waals surface area contributed by atoms with Crippen LogP contribution in [-0.2, 0) is 9.84 Å². The first-order valence-corrected chi connectivity index (χ1v) is 9.99. The van der Waals surface area contributed by atoms with Gasteiger partial charge in [-0.1, -0.05) is 18.2 Å². The molecule has 136 valence electrons. The molecule has 0 radical (unpaired) electrons. The molecule has 1 fully saturated rings. The molecule has 24 heavy (non-hydrogen) atoms. The summed E-state index contributed by atoms with van der Waals surface area (Å²) in [7, 11) is -1.13. The summed E-state index contributed by atoms with van der Waals surface area (Å²) in [5.74, 6) is 1.06. The highest BCUT2D eigenvalue weighted by molar-refractivity contribution is 14.0. The van der Waals surface area contributed by atoms with Crippen molar-refractivity contribution in [3.8, 4) is 0 Å². The predicted molar refractivity (Wildman–Crippen MR) is 111 cm³/mol. The third-order valence-electron chi connectivity index (χ3n) is 3.89. The number of benzene rings is 1. The van der Waals surface area contributed by atoms with Gasteiger partial charge in [0.15, 0.2) is 5.96 Å². The molecule has 1 aliphatic rings. The molecule has 0 spiro atoms. The van der Waals surface area contributed by atoms with E-state index in [0.717, 1.165) is 32.1 Å². The van der Waals surface area contributed by atoms with Crippen LogP contribution in [0, 0.1) is 0 Å². The topological polar surface area (TPSA) is 65.0 Å². The first-order valence-electron chi connectivity index (χ1n) is 7.93. The zero-order valence-corrected chi connectivity index (χ0v) is 17.5. The largest absolute Gasteiger partial charge is 0.368 e. The molecule has 0 aromatic heterocycles. The fourth-order valence-corrected chi connectivity index (χ4v) is 3.35. The molecular weight excluding hydrogens is 439 g/mol. The average molecular weight is 466 g/mol. The minimum absolute atomic E-state index is 0. The van der Waals surface area contributed by atoms with Gasteiger partial charge in [-0.15, -0.1) is 24.0 Å². The van der Waals surface area contributed by atoms with Crippen LogP contribution in [0.2, 0.25) is 0 Å². The van der Waals surface area contributed by atoms with Gasteiger partial charge in [0.25, 0.3) is 0 Å². The summed E-state index contributed by atoms with van der Waals surface area (Å²) in [4.78, 5) is 8.90. The van der Waals surface area contributed by atoms with Crippen molar-refractivity contribution in [3.05, 3.63) is 30.3 Å². The van der Waals surface area contributed by atoms with Gasteiger partial charge in [0.05, 0.1) is 5.75 Å². The van der Waals surface area contributed by atoms with Crippen LogP contribution in [-0.4, -0.2) is 71.1 Å². The van der Waals surface area contributed by atoms with Gasteiger partial charge in [-0.25, -0.2) is 8.42 Å². The molecule has 0 bridgehead atoms. The molecule has 1 aromatic rings. The Kier molecular flexibility index (Phi) is 8.82. The normalized spacial score (nSPS) is 15.8. The summed E-state index contributed by atoms with van der Waals surface area (Å²) in [6.07, 6.45) is 1.87. The van der Waals surface area contributed by atoms with Crippen molar-refractivity contribution in [2.24, 2.45) is 4.99 Å². The Balaban J connectivity index is 0.00000288. The number of sulfone groups is 1. The van der Waals surface area contributed by atoms with Crippen LogP contribution in [0.5, 0.6) is 0 Å². The molecule has 1 N–H and O–H groups in total. The van der Waals surface area contributed by atoms with E-state index in [1.54, 1.807) is 7.05 Å². The summed E-state index contributed by atoms with van der Waals surface area (Å²) in [5.41, 5.74) is 1.25. The lowest BCUT2D eigenvalue weighted by Gasteiger charge is -2.37. The number of halogens is 1. The van der Waals surface area contributed by atoms with Crippen LogP contribution in [0.4, 0.5) is 5.69 Å². The first-order chi connectivity index (χ1) is 11.0. The van der Waals surface area contributed by atoms with Gasteiger partial charge in [0.1, 0.15) is 9.84 Å². The van der Waals surface area contributed by atoms with E-state index in [0.29, 0.717) is 13.0 Å². The lowest BCUT2D eigenvalue weighted by Crippen LogP contribution is -2.52. The Bertz CT molecular complexity index is 614. The minimum Gasteiger partial charge on any atom is -0.368 e. The van der Waals surface area contributed by atoms with Crippen molar-refractivity contribution < 1.29 is 8.42 Å². The van der Waals surface area contributed by atoms with Crippen LogP contribution < -0.4 is 10.2 Å². The fourth-order valence-electron chi connectivity index (χ4n) is 2.68. The van der Waals surface area contributed by atoms with Crippen molar-refractivity contribution in [2.45, 2.75) is 6.42 Å². The number of nitrogens with zero attached hydrogens (tertiary/aromatic N) is 3. The van der Waals surface area contributed by atoms with E-state index in [2.05, 4.69) is 44.4 Å². The zero-order chi connectivity index (χ0) is 16.7. The molecule has 2 rings (SSSR count). The molecule has 1 aromatic carbocycles. The Morgan fingerprint density at radius 1 is 1.17 bits per heavy atom. The lowest BCUT2D eigenvalue weighted by atomic mass is 10.2. The maximum atomic E-state index is 11.1. The number of hydrogen-bond acceptors (Lipinski definition) is 4. The van der Waals surface area contributed by atoms with Gasteiger partial charge in [-0.3, -0.25) is 4.99 Å². The van der Waals surface area contributed by atoms with E-state index in [1.807, 2.05) is 6.07 Å². The lowest BCUT2D eigenvalue weighted by molar-refractivity contribution is 0.373. The van der Waals surface area contributed by atoms with Crippen LogP contribution >= 0.6 is 24.0 Å². The second kappa shape index (κ2) is 10.1. The van der Waals surface area contributed by atoms with Gasteiger partial charge in [0.2, 0.25) is 0 Å². The van der Waals surface area contributed by atoms with Crippen LogP contribution in [0.3, 0.4) is 0 Å². The van der Waals surface area contributed by atoms with E-state index >= 15 is 0 Å². The SMILES string of the molecule is CN=C(NCCCS(C)(=O)=O)N1CCN(c2ccccc2)CC1.I. The number of hydrogen-bond donors (Lipinski definition) is 1. The maximum absolute atomic E-state index is 11.1. The number of rotatable bonds is 5. The van der Waals surface area contributed by atoms with E-state index in [1.165, 1.54) is 11.9 Å². The van der Waals surface area contributed by atoms with Crippen molar-refractivity contribution in [3.63, 3.8) is 0 Å². The van der Waals surface area contributed by atoms with Crippen LogP contribution in [0.15, 0.2) is 35.3 Å². The van der Waals surface area contributed by atoms with Crippen molar-refractivity contribution in [1.29, 1.82) is 0 Å². The average Bonchev–Trinajstić information content (AvgIpc) is 2.55. The van der Waals surface area contributed by atoms with Crippen molar-refractivity contribution in [1.82, 2.24) is 10.2 Å². The minimum atomic E-state index is -2.89. The highest BCUT2D eigenvalue weighted by Crippen LogP contribution is 2.15. The Morgan fingerprint density at radius 2 is 1.79 bits per heavy atom. The quantitative estimate of drug-likeness (QED) is 0.308. The smallest absolute Gasteiger partial charge is 0.193 e. The summed E-state index contributed by atoms with van der Waals surface area (Å²) >= 11 is 0. The third kappa shape index (κ3) is 6.84. The Labute approximate surface area is 162 Å². The zero-order valence-electron chi connectivity index (χ0n) is 14.3. The van der Waals surface area contributed by atoms with Gasteiger partial charge in [-0.05, 0) is 18.6 Å². The number of aliphatic imine (C=N–C) groups is 1. The fraction of sp³-hybridized carbons (Fsp3) is 0.562. The number of piperazine rings is 1. The molecule has 0 unspecified atom stereocenters. The second-order valence-electron chi connectivity index (χ2n) is 5.77. The molecule has 0 aliphatic carbocycles. The predicted octanol–water partition coefficient (Wildman–Crippen LogP) is 1.44. The maximum Gasteiger partial charge on any atom is 0.193 e. The molecule has 0 atom stereocenters. The Hall–Kier alpha value is -1.03. The Morgan fingerprint density at radius 3 is 2.33 bits per heavy atom.